The van der Waals surface area contributed by atoms with Crippen LogP contribution in [0.3, 0.4) is 0 Å². The fraction of sp³-hybridized carbons (Fsp3) is 0.190. The molecule has 0 fully saturated rings. The number of thiophene rings is 1. The van der Waals surface area contributed by atoms with Gasteiger partial charge in [0.2, 0.25) is 0 Å². The van der Waals surface area contributed by atoms with Crippen molar-refractivity contribution in [1.82, 2.24) is 9.97 Å². The molecular formula is C42H40GeIrN2S-2. The third-order valence-corrected chi connectivity index (χ3v) is 14.0. The monoisotopic (exact) mass is 871 g/mol. The SMILES string of the molecule is CC(C)(C)c1ccnc(-c2[c-]ccc3c2sc2cccc(-c4ccccc4)c23)c1.Cc1cc(-c2[c-]cccc2)nc[c]1[Ge]([CH3])([CH3])[CH3].[Ir]. The maximum atomic E-state index is 4.70. The van der Waals surface area contributed by atoms with Crippen LogP contribution in [0.15, 0.2) is 116 Å². The van der Waals surface area contributed by atoms with Gasteiger partial charge in [-0.1, -0.05) is 74.7 Å². The van der Waals surface area contributed by atoms with Crippen LogP contribution in [-0.4, -0.2) is 23.2 Å². The summed E-state index contributed by atoms with van der Waals surface area (Å²) < 4.78 is 4.04. The summed E-state index contributed by atoms with van der Waals surface area (Å²) in [4.78, 5) is 9.29. The summed E-state index contributed by atoms with van der Waals surface area (Å²) in [5, 5.41) is 2.60. The first kappa shape index (κ1) is 34.9. The molecule has 0 aliphatic rings. The summed E-state index contributed by atoms with van der Waals surface area (Å²) in [6.45, 7) is 8.91. The minimum absolute atomic E-state index is 0. The van der Waals surface area contributed by atoms with Crippen molar-refractivity contribution in [2.75, 3.05) is 0 Å². The second-order valence-electron chi connectivity index (χ2n) is 13.8. The van der Waals surface area contributed by atoms with E-state index in [1.807, 2.05) is 41.8 Å². The van der Waals surface area contributed by atoms with E-state index in [4.69, 9.17) is 4.98 Å². The Morgan fingerprint density at radius 1 is 0.745 bits per heavy atom. The number of rotatable bonds is 4. The number of pyridine rings is 2. The molecular weight excluding hydrogens is 829 g/mol. The molecule has 0 amide bonds. The Morgan fingerprint density at radius 2 is 1.51 bits per heavy atom. The third-order valence-electron chi connectivity index (χ3n) is 8.33. The van der Waals surface area contributed by atoms with Gasteiger partial charge in [-0.05, 0) is 50.0 Å². The number of hydrogen-bond acceptors (Lipinski definition) is 3. The Bertz CT molecular complexity index is 2120. The number of aryl methyl sites for hydroxylation is 1. The molecule has 0 unspecified atom stereocenters. The molecule has 1 radical (unpaired) electrons. The summed E-state index contributed by atoms with van der Waals surface area (Å²) in [6, 6.07) is 42.7. The molecule has 0 spiro atoms. The predicted octanol–water partition coefficient (Wildman–Crippen LogP) is 11.3. The van der Waals surface area contributed by atoms with Crippen molar-refractivity contribution >= 4 is 49.2 Å². The Hall–Kier alpha value is -3.41. The van der Waals surface area contributed by atoms with Gasteiger partial charge in [0.05, 0.1) is 0 Å². The van der Waals surface area contributed by atoms with Crippen LogP contribution in [0.1, 0.15) is 31.9 Å². The summed E-state index contributed by atoms with van der Waals surface area (Å²) in [5.74, 6) is 7.20. The van der Waals surface area contributed by atoms with Gasteiger partial charge in [0, 0.05) is 31.0 Å². The van der Waals surface area contributed by atoms with Crippen molar-refractivity contribution in [3.63, 3.8) is 0 Å². The van der Waals surface area contributed by atoms with E-state index in [1.54, 1.807) is 0 Å². The molecule has 5 heteroatoms. The van der Waals surface area contributed by atoms with E-state index < -0.39 is 13.3 Å². The summed E-state index contributed by atoms with van der Waals surface area (Å²) in [6.07, 6.45) is 4.00. The van der Waals surface area contributed by atoms with Gasteiger partial charge < -0.3 is 4.98 Å². The van der Waals surface area contributed by atoms with E-state index in [-0.39, 0.29) is 25.5 Å². The van der Waals surface area contributed by atoms with Gasteiger partial charge >= 0.3 is 106 Å². The molecule has 47 heavy (non-hydrogen) atoms. The Labute approximate surface area is 300 Å². The zero-order chi connectivity index (χ0) is 32.5. The van der Waals surface area contributed by atoms with Crippen molar-refractivity contribution < 1.29 is 20.1 Å². The normalized spacial score (nSPS) is 11.6. The van der Waals surface area contributed by atoms with Crippen LogP contribution < -0.4 is 4.40 Å². The van der Waals surface area contributed by atoms with Gasteiger partial charge in [-0.3, -0.25) is 0 Å². The molecule has 0 bridgehead atoms. The predicted molar refractivity (Wildman–Crippen MR) is 202 cm³/mol. The van der Waals surface area contributed by atoms with Gasteiger partial charge in [-0.15, -0.1) is 23.8 Å². The molecule has 0 saturated heterocycles. The van der Waals surface area contributed by atoms with Crippen LogP contribution in [0.25, 0.3) is 53.8 Å². The summed E-state index contributed by atoms with van der Waals surface area (Å²) in [7, 11) is 0. The molecule has 7 rings (SSSR count). The number of hydrogen-bond donors (Lipinski definition) is 0. The minimum atomic E-state index is -1.77. The molecule has 4 aromatic carbocycles. The minimum Gasteiger partial charge on any atom is 0 e. The van der Waals surface area contributed by atoms with E-state index in [0.717, 1.165) is 22.5 Å². The van der Waals surface area contributed by atoms with Crippen molar-refractivity contribution in [3.8, 4) is 33.6 Å². The van der Waals surface area contributed by atoms with Crippen LogP contribution in [0.4, 0.5) is 0 Å². The number of nitrogens with zero attached hydrogens (tertiary/aromatic N) is 2. The molecule has 239 valence electrons. The van der Waals surface area contributed by atoms with Crippen molar-refractivity contribution in [3.05, 3.63) is 139 Å². The standard InChI is InChI=1S/C27H22NS.C15H18GeN.Ir/c1-27(2,3)19-15-16-28-23(17-19)21-12-7-13-22-25-20(18-9-5-4-6-10-18)11-8-14-24(25)29-26(21)22;1-12-10-15(13-8-6-5-7-9-13)17-11-14(12)16(2,3)4;/h4-11,13-17H,1-3H3;5-8,10-11H,1-4H3;/q2*-1;. The molecule has 0 aliphatic heterocycles. The van der Waals surface area contributed by atoms with Crippen LogP contribution >= 0.6 is 11.3 Å². The molecule has 3 heterocycles. The molecule has 2 nitrogen and oxygen atoms in total. The first-order chi connectivity index (χ1) is 22.0. The number of aromatic nitrogens is 2. The Morgan fingerprint density at radius 3 is 2.19 bits per heavy atom. The maximum absolute atomic E-state index is 4.70. The van der Waals surface area contributed by atoms with E-state index in [2.05, 4.69) is 147 Å². The molecule has 0 aliphatic carbocycles. The zero-order valence-electron chi connectivity index (χ0n) is 28.1. The molecule has 3 aromatic heterocycles. The first-order valence-electron chi connectivity index (χ1n) is 15.8. The quantitative estimate of drug-likeness (QED) is 0.130. The van der Waals surface area contributed by atoms with Gasteiger partial charge in [-0.2, -0.15) is 11.3 Å². The van der Waals surface area contributed by atoms with Crippen LogP contribution in [0, 0.1) is 19.1 Å². The molecule has 0 saturated carbocycles. The van der Waals surface area contributed by atoms with Gasteiger partial charge in [0.15, 0.2) is 0 Å². The zero-order valence-corrected chi connectivity index (χ0v) is 33.4. The average molecular weight is 870 g/mol. The molecule has 0 atom stereocenters. The van der Waals surface area contributed by atoms with Crippen LogP contribution in [-0.2, 0) is 25.5 Å². The van der Waals surface area contributed by atoms with E-state index in [0.29, 0.717) is 0 Å². The number of fused-ring (bicyclic) bond motifs is 3. The fourth-order valence-electron chi connectivity index (χ4n) is 5.91. The van der Waals surface area contributed by atoms with Crippen molar-refractivity contribution in [2.24, 2.45) is 0 Å². The van der Waals surface area contributed by atoms with Crippen molar-refractivity contribution in [1.29, 1.82) is 0 Å². The van der Waals surface area contributed by atoms with Crippen LogP contribution in [0.2, 0.25) is 17.3 Å². The Balaban J connectivity index is 0.000000207. The summed E-state index contributed by atoms with van der Waals surface area (Å²) in [5.41, 5.74) is 9.47. The second kappa shape index (κ2) is 14.4. The summed E-state index contributed by atoms with van der Waals surface area (Å²) >= 11 is 0.0615. The van der Waals surface area contributed by atoms with Crippen LogP contribution in [0.5, 0.6) is 0 Å². The van der Waals surface area contributed by atoms with E-state index >= 15 is 0 Å². The smallest absolute Gasteiger partial charge is 0 e. The number of benzene rings is 4. The fourth-order valence-corrected chi connectivity index (χ4v) is 10.7. The molecule has 0 N–H and O–H groups in total. The van der Waals surface area contributed by atoms with Gasteiger partial charge in [-0.25, -0.2) is 0 Å². The first-order valence-corrected chi connectivity index (χ1v) is 24.0. The molecule has 7 aromatic rings. The van der Waals surface area contributed by atoms with E-state index in [1.165, 1.54) is 46.8 Å². The van der Waals surface area contributed by atoms with E-state index in [9.17, 15) is 0 Å². The third kappa shape index (κ3) is 7.68. The largest absolute Gasteiger partial charge is 0 e. The maximum Gasteiger partial charge on any atom is 0 e. The van der Waals surface area contributed by atoms with Gasteiger partial charge in [0.1, 0.15) is 0 Å². The average Bonchev–Trinajstić information content (AvgIpc) is 3.44. The second-order valence-corrected chi connectivity index (χ2v) is 25.5. The Kier molecular flexibility index (Phi) is 10.7. The van der Waals surface area contributed by atoms with Crippen molar-refractivity contribution in [2.45, 2.75) is 50.4 Å². The topological polar surface area (TPSA) is 25.8 Å². The van der Waals surface area contributed by atoms with Gasteiger partial charge in [0.25, 0.3) is 0 Å².